The van der Waals surface area contributed by atoms with Gasteiger partial charge in [-0.3, -0.25) is 4.98 Å². The first-order valence-electron chi connectivity index (χ1n) is 3.69. The smallest absolute Gasteiger partial charge is 0.166 e. The van der Waals surface area contributed by atoms with Gasteiger partial charge < -0.3 is 0 Å². The largest absolute Gasteiger partial charge is 0.253 e. The van der Waals surface area contributed by atoms with Gasteiger partial charge in [0.25, 0.3) is 0 Å². The Hall–Kier alpha value is -0.550. The molecule has 72 valence electrons. The summed E-state index contributed by atoms with van der Waals surface area (Å²) in [6.07, 6.45) is 1.46. The zero-order valence-electron chi connectivity index (χ0n) is 6.69. The second kappa shape index (κ2) is 3.55. The molecular weight excluding hydrogens is 320 g/mol. The normalized spacial score (nSPS) is 10.9. The minimum atomic E-state index is -0.679. The van der Waals surface area contributed by atoms with E-state index >= 15 is 0 Å². The summed E-state index contributed by atoms with van der Waals surface area (Å²) in [5.41, 5.74) is 0.146. The third kappa shape index (κ3) is 1.44. The molecule has 0 aliphatic carbocycles. The van der Waals surface area contributed by atoms with E-state index in [1.165, 1.54) is 12.3 Å². The topological polar surface area (TPSA) is 12.9 Å². The van der Waals surface area contributed by atoms with E-state index in [-0.39, 0.29) is 9.99 Å². The zero-order valence-corrected chi connectivity index (χ0v) is 9.86. The Balaban J connectivity index is 2.98. The predicted molar refractivity (Wildman–Crippen MR) is 57.1 cm³/mol. The van der Waals surface area contributed by atoms with Crippen LogP contribution in [0, 0.1) is 11.6 Å². The second-order valence-corrected chi connectivity index (χ2v) is 4.32. The first kappa shape index (κ1) is 9.98. The predicted octanol–water partition coefficient (Wildman–Crippen LogP) is 4.04. The molecule has 0 aliphatic rings. The number of aromatic nitrogens is 1. The molecular formula is C9H3Br2F2N. The van der Waals surface area contributed by atoms with Crippen LogP contribution in [0.1, 0.15) is 0 Å². The van der Waals surface area contributed by atoms with Crippen LogP contribution in [0.15, 0.2) is 27.3 Å². The molecule has 0 amide bonds. The van der Waals surface area contributed by atoms with Gasteiger partial charge in [-0.25, -0.2) is 8.78 Å². The van der Waals surface area contributed by atoms with Gasteiger partial charge in [0.05, 0.1) is 4.47 Å². The number of benzene rings is 1. The molecule has 1 aromatic heterocycles. The van der Waals surface area contributed by atoms with Gasteiger partial charge in [-0.05, 0) is 28.1 Å². The van der Waals surface area contributed by atoms with E-state index in [4.69, 9.17) is 0 Å². The summed E-state index contributed by atoms with van der Waals surface area (Å²) in [6, 6.07) is 2.87. The number of hydrogen-bond donors (Lipinski definition) is 0. The highest BCUT2D eigenvalue weighted by Crippen LogP contribution is 2.30. The Labute approximate surface area is 95.4 Å². The SMILES string of the molecule is Fc1cc2c(Br)ccnc2c(F)c1Br. The molecule has 0 aliphatic heterocycles. The molecule has 0 fully saturated rings. The summed E-state index contributed by atoms with van der Waals surface area (Å²) in [7, 11) is 0. The van der Waals surface area contributed by atoms with Crippen molar-refractivity contribution in [3.8, 4) is 0 Å². The lowest BCUT2D eigenvalue weighted by molar-refractivity contribution is 0.579. The van der Waals surface area contributed by atoms with Crippen LogP contribution in [0.4, 0.5) is 8.78 Å². The molecule has 2 aromatic rings. The molecule has 0 radical (unpaired) electrons. The van der Waals surface area contributed by atoms with Crippen molar-refractivity contribution in [3.63, 3.8) is 0 Å². The van der Waals surface area contributed by atoms with Crippen LogP contribution in [0.2, 0.25) is 0 Å². The molecule has 0 saturated heterocycles. The summed E-state index contributed by atoms with van der Waals surface area (Å²) in [5.74, 6) is -1.31. The van der Waals surface area contributed by atoms with Gasteiger partial charge in [-0.1, -0.05) is 15.9 Å². The van der Waals surface area contributed by atoms with Crippen molar-refractivity contribution in [1.82, 2.24) is 4.98 Å². The maximum Gasteiger partial charge on any atom is 0.166 e. The first-order valence-corrected chi connectivity index (χ1v) is 5.27. The van der Waals surface area contributed by atoms with E-state index < -0.39 is 11.6 Å². The summed E-state index contributed by atoms with van der Waals surface area (Å²) in [5, 5.41) is 0.422. The van der Waals surface area contributed by atoms with Gasteiger partial charge in [-0.2, -0.15) is 0 Å². The number of pyridine rings is 1. The third-order valence-electron chi connectivity index (χ3n) is 1.82. The van der Waals surface area contributed by atoms with Crippen LogP contribution >= 0.6 is 31.9 Å². The maximum absolute atomic E-state index is 13.5. The van der Waals surface area contributed by atoms with Gasteiger partial charge in [0, 0.05) is 16.1 Å². The number of rotatable bonds is 0. The van der Waals surface area contributed by atoms with Gasteiger partial charge in [0.2, 0.25) is 0 Å². The van der Waals surface area contributed by atoms with Crippen LogP contribution in [-0.2, 0) is 0 Å². The van der Waals surface area contributed by atoms with Crippen LogP contribution in [0.3, 0.4) is 0 Å². The molecule has 0 spiro atoms. The third-order valence-corrected chi connectivity index (χ3v) is 3.24. The minimum absolute atomic E-state index is 0.146. The number of fused-ring (bicyclic) bond motifs is 1. The number of halogens is 4. The van der Waals surface area contributed by atoms with Crippen LogP contribution in [0.5, 0.6) is 0 Å². The van der Waals surface area contributed by atoms with E-state index in [0.29, 0.717) is 9.86 Å². The van der Waals surface area contributed by atoms with E-state index in [2.05, 4.69) is 36.8 Å². The summed E-state index contributed by atoms with van der Waals surface area (Å²) in [4.78, 5) is 3.84. The first-order chi connectivity index (χ1) is 6.61. The van der Waals surface area contributed by atoms with E-state index in [1.807, 2.05) is 0 Å². The minimum Gasteiger partial charge on any atom is -0.253 e. The highest BCUT2D eigenvalue weighted by Gasteiger charge is 2.13. The molecule has 14 heavy (non-hydrogen) atoms. The molecule has 0 unspecified atom stereocenters. The zero-order chi connectivity index (χ0) is 10.3. The Morgan fingerprint density at radius 3 is 2.64 bits per heavy atom. The summed E-state index contributed by atoms with van der Waals surface area (Å²) >= 11 is 6.02. The molecule has 2 rings (SSSR count). The highest BCUT2D eigenvalue weighted by atomic mass is 79.9. The van der Waals surface area contributed by atoms with Crippen molar-refractivity contribution in [2.75, 3.05) is 0 Å². The van der Waals surface area contributed by atoms with Crippen molar-refractivity contribution < 1.29 is 8.78 Å². The molecule has 1 heterocycles. The van der Waals surface area contributed by atoms with Crippen molar-refractivity contribution in [2.24, 2.45) is 0 Å². The van der Waals surface area contributed by atoms with Crippen LogP contribution in [0.25, 0.3) is 10.9 Å². The van der Waals surface area contributed by atoms with Crippen LogP contribution < -0.4 is 0 Å². The van der Waals surface area contributed by atoms with Crippen molar-refractivity contribution >= 4 is 42.8 Å². The quantitative estimate of drug-likeness (QED) is 0.667. The second-order valence-electron chi connectivity index (χ2n) is 2.68. The Morgan fingerprint density at radius 2 is 1.93 bits per heavy atom. The van der Waals surface area contributed by atoms with E-state index in [9.17, 15) is 8.78 Å². The fraction of sp³-hybridized carbons (Fsp3) is 0. The van der Waals surface area contributed by atoms with Crippen molar-refractivity contribution in [3.05, 3.63) is 38.9 Å². The fourth-order valence-corrected chi connectivity index (χ4v) is 1.88. The molecule has 0 atom stereocenters. The van der Waals surface area contributed by atoms with Crippen LogP contribution in [-0.4, -0.2) is 4.98 Å². The van der Waals surface area contributed by atoms with E-state index in [0.717, 1.165) is 0 Å². The molecule has 0 saturated carbocycles. The molecule has 1 nitrogen and oxygen atoms in total. The van der Waals surface area contributed by atoms with Gasteiger partial charge in [0.15, 0.2) is 5.82 Å². The number of hydrogen-bond acceptors (Lipinski definition) is 1. The van der Waals surface area contributed by atoms with Gasteiger partial charge in [-0.15, -0.1) is 0 Å². The van der Waals surface area contributed by atoms with Gasteiger partial charge >= 0.3 is 0 Å². The lowest BCUT2D eigenvalue weighted by atomic mass is 10.2. The highest BCUT2D eigenvalue weighted by molar-refractivity contribution is 9.11. The lowest BCUT2D eigenvalue weighted by Crippen LogP contribution is -1.90. The van der Waals surface area contributed by atoms with Gasteiger partial charge in [0.1, 0.15) is 11.3 Å². The molecule has 1 aromatic carbocycles. The standard InChI is InChI=1S/C9H3Br2F2N/c10-5-1-2-14-9-4(5)3-6(12)7(11)8(9)13/h1-3H. The lowest BCUT2D eigenvalue weighted by Gasteiger charge is -2.03. The Kier molecular flexibility index (Phi) is 2.53. The van der Waals surface area contributed by atoms with E-state index in [1.54, 1.807) is 6.07 Å². The monoisotopic (exact) mass is 321 g/mol. The molecule has 0 N–H and O–H groups in total. The average Bonchev–Trinajstić information content (AvgIpc) is 2.17. The Bertz CT molecular complexity index is 514. The Morgan fingerprint density at radius 1 is 1.21 bits per heavy atom. The van der Waals surface area contributed by atoms with Crippen molar-refractivity contribution in [1.29, 1.82) is 0 Å². The average molecular weight is 323 g/mol. The summed E-state index contributed by atoms with van der Waals surface area (Å²) < 4.78 is 27.1. The molecule has 5 heteroatoms. The molecule has 0 bridgehead atoms. The summed E-state index contributed by atoms with van der Waals surface area (Å²) in [6.45, 7) is 0. The number of nitrogens with zero attached hydrogens (tertiary/aromatic N) is 1. The fourth-order valence-electron chi connectivity index (χ4n) is 1.16. The van der Waals surface area contributed by atoms with Crippen molar-refractivity contribution in [2.45, 2.75) is 0 Å². The maximum atomic E-state index is 13.5.